The molecule has 31 heavy (non-hydrogen) atoms. The number of nitrogens with zero attached hydrogens (tertiary/aromatic N) is 4. The molecule has 0 unspecified atom stereocenters. The van der Waals surface area contributed by atoms with Gasteiger partial charge in [-0.3, -0.25) is 4.57 Å². The fourth-order valence-electron chi connectivity index (χ4n) is 3.49. The van der Waals surface area contributed by atoms with Gasteiger partial charge in [-0.15, -0.1) is 0 Å². The number of benzene rings is 2. The minimum absolute atomic E-state index is 0.279. The van der Waals surface area contributed by atoms with Crippen molar-refractivity contribution < 1.29 is 8.42 Å². The van der Waals surface area contributed by atoms with E-state index in [1.54, 1.807) is 36.2 Å². The first-order valence-electron chi connectivity index (χ1n) is 10.1. The number of imidazole rings is 2. The van der Waals surface area contributed by atoms with Gasteiger partial charge in [0, 0.05) is 31.2 Å². The van der Waals surface area contributed by atoms with Crippen LogP contribution >= 0.6 is 11.8 Å². The zero-order valence-electron chi connectivity index (χ0n) is 17.7. The van der Waals surface area contributed by atoms with E-state index < -0.39 is 10.0 Å². The van der Waals surface area contributed by atoms with Crippen molar-refractivity contribution in [2.75, 3.05) is 13.1 Å². The van der Waals surface area contributed by atoms with Gasteiger partial charge < -0.3 is 4.98 Å². The van der Waals surface area contributed by atoms with Crippen LogP contribution in [0.2, 0.25) is 0 Å². The highest BCUT2D eigenvalue weighted by molar-refractivity contribution is 7.98. The van der Waals surface area contributed by atoms with E-state index in [0.29, 0.717) is 24.4 Å². The molecule has 2 heterocycles. The van der Waals surface area contributed by atoms with Crippen LogP contribution in [0.5, 0.6) is 0 Å². The van der Waals surface area contributed by atoms with Gasteiger partial charge in [-0.1, -0.05) is 37.7 Å². The van der Waals surface area contributed by atoms with E-state index >= 15 is 0 Å². The Labute approximate surface area is 186 Å². The number of hydrogen-bond acceptors (Lipinski definition) is 5. The lowest BCUT2D eigenvalue weighted by atomic mass is 10.2. The zero-order chi connectivity index (χ0) is 22.0. The first-order valence-corrected chi connectivity index (χ1v) is 12.6. The summed E-state index contributed by atoms with van der Waals surface area (Å²) in [5.74, 6) is 1.37. The van der Waals surface area contributed by atoms with Crippen molar-refractivity contribution in [1.29, 1.82) is 0 Å². The van der Waals surface area contributed by atoms with Crippen molar-refractivity contribution in [3.8, 4) is 5.69 Å². The van der Waals surface area contributed by atoms with E-state index in [2.05, 4.69) is 44.6 Å². The second-order valence-electron chi connectivity index (χ2n) is 7.16. The number of rotatable bonds is 8. The molecule has 9 heteroatoms. The number of aromatic nitrogens is 4. The lowest BCUT2D eigenvalue weighted by Crippen LogP contribution is -2.30. The molecule has 2 aromatic carbocycles. The minimum atomic E-state index is -3.50. The van der Waals surface area contributed by atoms with Gasteiger partial charge >= 0.3 is 0 Å². The van der Waals surface area contributed by atoms with Crippen LogP contribution in [0.3, 0.4) is 0 Å². The highest BCUT2D eigenvalue weighted by Crippen LogP contribution is 2.26. The minimum Gasteiger partial charge on any atom is -0.341 e. The Morgan fingerprint density at radius 2 is 1.94 bits per heavy atom. The Kier molecular flexibility index (Phi) is 6.17. The molecule has 0 fully saturated rings. The van der Waals surface area contributed by atoms with Crippen LogP contribution in [0.1, 0.15) is 25.2 Å². The van der Waals surface area contributed by atoms with E-state index in [4.69, 9.17) is 0 Å². The zero-order valence-corrected chi connectivity index (χ0v) is 19.4. The summed E-state index contributed by atoms with van der Waals surface area (Å²) in [7, 11) is -3.50. The monoisotopic (exact) mass is 455 g/mol. The summed E-state index contributed by atoms with van der Waals surface area (Å²) in [6.07, 6.45) is 3.73. The molecule has 1 N–H and O–H groups in total. The molecule has 2 aromatic heterocycles. The van der Waals surface area contributed by atoms with Crippen LogP contribution in [0.25, 0.3) is 16.7 Å². The first kappa shape index (κ1) is 21.6. The molecule has 7 nitrogen and oxygen atoms in total. The molecule has 0 radical (unpaired) electrons. The number of H-pyrrole nitrogens is 1. The van der Waals surface area contributed by atoms with Crippen molar-refractivity contribution in [2.24, 2.45) is 0 Å². The van der Waals surface area contributed by atoms with Gasteiger partial charge in [-0.25, -0.2) is 18.4 Å². The predicted molar refractivity (Wildman–Crippen MR) is 124 cm³/mol. The van der Waals surface area contributed by atoms with E-state index in [9.17, 15) is 8.42 Å². The summed E-state index contributed by atoms with van der Waals surface area (Å²) >= 11 is 1.58. The molecule has 0 bridgehead atoms. The van der Waals surface area contributed by atoms with Crippen molar-refractivity contribution in [1.82, 2.24) is 23.8 Å². The van der Waals surface area contributed by atoms with Crippen LogP contribution in [0.15, 0.2) is 64.9 Å². The van der Waals surface area contributed by atoms with Crippen molar-refractivity contribution in [3.05, 3.63) is 66.2 Å². The Balaban J connectivity index is 1.55. The van der Waals surface area contributed by atoms with Gasteiger partial charge in [0.1, 0.15) is 5.82 Å². The summed E-state index contributed by atoms with van der Waals surface area (Å²) in [4.78, 5) is 12.6. The largest absolute Gasteiger partial charge is 0.341 e. The fraction of sp³-hybridized carbons (Fsp3) is 0.273. The van der Waals surface area contributed by atoms with Gasteiger partial charge in [0.2, 0.25) is 10.0 Å². The van der Waals surface area contributed by atoms with Crippen LogP contribution in [0.4, 0.5) is 0 Å². The summed E-state index contributed by atoms with van der Waals surface area (Å²) in [5.41, 5.74) is 3.72. The summed E-state index contributed by atoms with van der Waals surface area (Å²) < 4.78 is 29.1. The van der Waals surface area contributed by atoms with Gasteiger partial charge in [0.05, 0.1) is 21.7 Å². The van der Waals surface area contributed by atoms with Gasteiger partial charge in [-0.05, 0) is 42.8 Å². The number of fused-ring (bicyclic) bond motifs is 1. The first-order chi connectivity index (χ1) is 14.9. The molecule has 4 rings (SSSR count). The Bertz CT molecular complexity index is 1310. The van der Waals surface area contributed by atoms with E-state index in [1.165, 1.54) is 9.87 Å². The van der Waals surface area contributed by atoms with Crippen LogP contribution in [-0.2, 0) is 15.8 Å². The number of thioether (sulfide) groups is 1. The molecule has 0 saturated heterocycles. The molecule has 0 aliphatic heterocycles. The van der Waals surface area contributed by atoms with E-state index in [0.717, 1.165) is 22.2 Å². The molecular formula is C22H25N5O2S2. The van der Waals surface area contributed by atoms with Crippen molar-refractivity contribution >= 4 is 32.8 Å². The third-order valence-electron chi connectivity index (χ3n) is 5.07. The third kappa shape index (κ3) is 4.39. The van der Waals surface area contributed by atoms with E-state index in [-0.39, 0.29) is 4.90 Å². The SMILES string of the molecule is CCN(CC)S(=O)(=O)c1ccc2nc(CSc3nccn3-c3cccc(C)c3)[nH]c2c1. The Morgan fingerprint density at radius 1 is 1.13 bits per heavy atom. The maximum absolute atomic E-state index is 12.8. The van der Waals surface area contributed by atoms with Crippen LogP contribution in [-0.4, -0.2) is 45.3 Å². The van der Waals surface area contributed by atoms with Crippen molar-refractivity contribution in [3.63, 3.8) is 0 Å². The second kappa shape index (κ2) is 8.86. The lowest BCUT2D eigenvalue weighted by molar-refractivity contribution is 0.445. The second-order valence-corrected chi connectivity index (χ2v) is 10.0. The quantitative estimate of drug-likeness (QED) is 0.399. The molecule has 0 atom stereocenters. The standard InChI is InChI=1S/C22H25N5O2S2/c1-4-26(5-2)31(28,29)18-9-10-19-20(14-18)25-21(24-19)15-30-22-23-11-12-27(22)17-8-6-7-16(3)13-17/h6-14H,4-5,15H2,1-3H3,(H,24,25). The molecule has 0 aliphatic carbocycles. The number of aryl methyl sites for hydroxylation is 1. The third-order valence-corrected chi connectivity index (χ3v) is 8.09. The maximum Gasteiger partial charge on any atom is 0.243 e. The molecule has 0 saturated carbocycles. The maximum atomic E-state index is 12.8. The number of nitrogens with one attached hydrogen (secondary N) is 1. The summed E-state index contributed by atoms with van der Waals surface area (Å²) in [6.45, 7) is 6.62. The average molecular weight is 456 g/mol. The summed E-state index contributed by atoms with van der Waals surface area (Å²) in [5, 5.41) is 0.871. The highest BCUT2D eigenvalue weighted by Gasteiger charge is 2.22. The Morgan fingerprint density at radius 3 is 2.68 bits per heavy atom. The van der Waals surface area contributed by atoms with Gasteiger partial charge in [-0.2, -0.15) is 4.31 Å². The predicted octanol–water partition coefficient (Wildman–Crippen LogP) is 4.38. The molecule has 162 valence electrons. The Hall–Kier alpha value is -2.62. The topological polar surface area (TPSA) is 83.9 Å². The summed E-state index contributed by atoms with van der Waals surface area (Å²) in [6, 6.07) is 13.3. The molecular weight excluding hydrogens is 430 g/mol. The van der Waals surface area contributed by atoms with Crippen LogP contribution < -0.4 is 0 Å². The molecule has 0 aliphatic rings. The average Bonchev–Trinajstić information content (AvgIpc) is 3.38. The van der Waals surface area contributed by atoms with E-state index in [1.807, 2.05) is 26.1 Å². The van der Waals surface area contributed by atoms with Gasteiger partial charge in [0.15, 0.2) is 5.16 Å². The fourth-order valence-corrected chi connectivity index (χ4v) is 5.81. The number of hydrogen-bond donors (Lipinski definition) is 1. The molecule has 0 amide bonds. The normalized spacial score (nSPS) is 12.1. The van der Waals surface area contributed by atoms with Gasteiger partial charge in [0.25, 0.3) is 0 Å². The smallest absolute Gasteiger partial charge is 0.243 e. The number of aromatic amines is 1. The molecule has 4 aromatic rings. The number of sulfonamides is 1. The van der Waals surface area contributed by atoms with Crippen LogP contribution in [0, 0.1) is 6.92 Å². The van der Waals surface area contributed by atoms with Crippen molar-refractivity contribution in [2.45, 2.75) is 36.6 Å². The molecule has 0 spiro atoms. The lowest BCUT2D eigenvalue weighted by Gasteiger charge is -2.18. The highest BCUT2D eigenvalue weighted by atomic mass is 32.2.